The normalized spacial score (nSPS) is 28.0. The van der Waals surface area contributed by atoms with Gasteiger partial charge in [0.15, 0.2) is 23.8 Å². The molecular weight excluding hydrogens is 666 g/mol. The molecule has 0 amide bonds. The molecular formula is C21H28N8O15P2. The molecule has 3 aromatic rings. The average molecular weight is 694 g/mol. The third-order valence-electron chi connectivity index (χ3n) is 6.79. The first-order chi connectivity index (χ1) is 21.7. The van der Waals surface area contributed by atoms with E-state index in [-0.39, 0.29) is 29.2 Å². The van der Waals surface area contributed by atoms with Gasteiger partial charge in [-0.2, -0.15) is 4.98 Å². The summed E-state index contributed by atoms with van der Waals surface area (Å²) >= 11 is 0. The Morgan fingerprint density at radius 1 is 1.07 bits per heavy atom. The summed E-state index contributed by atoms with van der Waals surface area (Å²) in [4.78, 5) is 68.6. The maximum atomic E-state index is 13.1. The predicted molar refractivity (Wildman–Crippen MR) is 147 cm³/mol. The number of imidazole rings is 1. The molecule has 2 saturated heterocycles. The summed E-state index contributed by atoms with van der Waals surface area (Å²) in [6.07, 6.45) is -6.72. The number of ether oxygens (including phenoxy) is 3. The number of nitrogens with zero attached hydrogens (tertiary/aromatic N) is 6. The molecule has 0 bridgehead atoms. The molecule has 2 aliphatic rings. The lowest BCUT2D eigenvalue weighted by Crippen LogP contribution is -2.39. The Kier molecular flexibility index (Phi) is 9.84. The molecule has 252 valence electrons. The van der Waals surface area contributed by atoms with E-state index in [4.69, 9.17) is 44.5 Å². The zero-order valence-electron chi connectivity index (χ0n) is 23.2. The number of aromatic nitrogens is 6. The molecule has 2 fully saturated rings. The van der Waals surface area contributed by atoms with Crippen LogP contribution in [0, 0.1) is 0 Å². The maximum Gasteiger partial charge on any atom is 0.472 e. The number of hydrogen-bond donors (Lipinski definition) is 7. The largest absolute Gasteiger partial charge is 0.472 e. The van der Waals surface area contributed by atoms with Crippen molar-refractivity contribution in [3.8, 4) is 0 Å². The lowest BCUT2D eigenvalue weighted by molar-refractivity contribution is -0.159. The third kappa shape index (κ3) is 7.57. The lowest BCUT2D eigenvalue weighted by Gasteiger charge is -2.23. The van der Waals surface area contributed by atoms with Crippen LogP contribution in [-0.2, 0) is 41.7 Å². The van der Waals surface area contributed by atoms with Crippen molar-refractivity contribution in [1.82, 2.24) is 29.1 Å². The van der Waals surface area contributed by atoms with Crippen molar-refractivity contribution in [2.75, 3.05) is 31.3 Å². The van der Waals surface area contributed by atoms with Crippen LogP contribution in [0.5, 0.6) is 0 Å². The summed E-state index contributed by atoms with van der Waals surface area (Å²) in [5.41, 5.74) is 10.8. The summed E-state index contributed by atoms with van der Waals surface area (Å²) in [6, 6.07) is 1.28. The van der Waals surface area contributed by atoms with Gasteiger partial charge >= 0.3 is 27.3 Å². The van der Waals surface area contributed by atoms with Gasteiger partial charge in [-0.1, -0.05) is 0 Å². The molecule has 9 N–H and O–H groups in total. The van der Waals surface area contributed by atoms with Crippen LogP contribution in [0.4, 0.5) is 11.6 Å². The zero-order chi connectivity index (χ0) is 33.4. The first-order valence-corrected chi connectivity index (χ1v) is 16.1. The summed E-state index contributed by atoms with van der Waals surface area (Å²) < 4.78 is 57.9. The Morgan fingerprint density at radius 2 is 1.80 bits per heavy atom. The maximum absolute atomic E-state index is 13.1. The minimum Gasteiger partial charge on any atom is -0.455 e. The number of phosphoric ester groups is 2. The van der Waals surface area contributed by atoms with Gasteiger partial charge in [-0.15, -0.1) is 0 Å². The number of esters is 1. The van der Waals surface area contributed by atoms with E-state index in [1.54, 1.807) is 0 Å². The molecule has 25 heteroatoms. The van der Waals surface area contributed by atoms with E-state index < -0.39 is 90.1 Å². The van der Waals surface area contributed by atoms with E-state index in [1.165, 1.54) is 23.2 Å². The minimum atomic E-state index is -5.11. The number of fused-ring (bicyclic) bond motifs is 1. The predicted octanol–water partition coefficient (Wildman–Crippen LogP) is -2.69. The molecule has 5 rings (SSSR count). The Morgan fingerprint density at radius 3 is 2.50 bits per heavy atom. The molecule has 0 saturated carbocycles. The van der Waals surface area contributed by atoms with E-state index >= 15 is 0 Å². The van der Waals surface area contributed by atoms with Crippen molar-refractivity contribution in [2.24, 2.45) is 0 Å². The Balaban J connectivity index is 1.32. The zero-order valence-corrected chi connectivity index (χ0v) is 25.0. The number of rotatable bonds is 12. The smallest absolute Gasteiger partial charge is 0.455 e. The Hall–Kier alpha value is -3.44. The van der Waals surface area contributed by atoms with Crippen LogP contribution in [-0.4, -0.2) is 110 Å². The average Bonchev–Trinajstić information content (AvgIpc) is 3.66. The van der Waals surface area contributed by atoms with E-state index in [0.29, 0.717) is 0 Å². The van der Waals surface area contributed by atoms with Gasteiger partial charge in [0.25, 0.3) is 0 Å². The van der Waals surface area contributed by atoms with Crippen LogP contribution in [0.25, 0.3) is 11.2 Å². The molecule has 0 aliphatic carbocycles. The first-order valence-electron chi connectivity index (χ1n) is 13.1. The number of hydrogen-bond acceptors (Lipinski definition) is 18. The first kappa shape index (κ1) is 33.9. The van der Waals surface area contributed by atoms with Gasteiger partial charge in [-0.25, -0.2) is 33.7 Å². The highest BCUT2D eigenvalue weighted by Crippen LogP contribution is 2.50. The second-order valence-corrected chi connectivity index (χ2v) is 12.5. The van der Waals surface area contributed by atoms with Crippen LogP contribution in [0.15, 0.2) is 29.7 Å². The summed E-state index contributed by atoms with van der Waals surface area (Å²) in [6.45, 7) is -2.72. The van der Waals surface area contributed by atoms with Crippen LogP contribution in [0.1, 0.15) is 18.9 Å². The van der Waals surface area contributed by atoms with E-state index in [2.05, 4.69) is 24.5 Å². The fourth-order valence-corrected chi connectivity index (χ4v) is 6.09. The van der Waals surface area contributed by atoms with E-state index in [1.807, 2.05) is 0 Å². The number of aliphatic hydroxyl groups excluding tert-OH is 2. The van der Waals surface area contributed by atoms with Gasteiger partial charge in [0.1, 0.15) is 54.9 Å². The number of nitrogens with two attached hydrogens (primary N) is 2. The van der Waals surface area contributed by atoms with E-state index in [9.17, 15) is 33.8 Å². The highest BCUT2D eigenvalue weighted by molar-refractivity contribution is 7.47. The summed E-state index contributed by atoms with van der Waals surface area (Å²) in [5, 5.41) is 20.2. The summed E-state index contributed by atoms with van der Waals surface area (Å²) in [7, 11) is -10.1. The molecule has 5 heterocycles. The van der Waals surface area contributed by atoms with Gasteiger partial charge in [-0.3, -0.25) is 22.7 Å². The standard InChI is InChI=1S/C21H28N8O15P2/c22-12-1-2-28(21(33)27-12)13-3-9(10(41-13)5-39-45(34,35)36)44-46(37,38)40-6-11-17(43-14(31)4-30)16(32)20(42-11)29-8-26-15-18(23)24-7-25-19(15)29/h1-2,7-11,13,16-17,20,30,32H,3-6H2,(H,37,38)(H2,22,27,33)(H2,23,24,25)(H2,34,35,36)/t9-,10-,11-,13-,16-,17+,20-/m1/s1. The van der Waals surface area contributed by atoms with Crippen molar-refractivity contribution in [2.45, 2.75) is 49.4 Å². The molecule has 46 heavy (non-hydrogen) atoms. The van der Waals surface area contributed by atoms with Crippen LogP contribution < -0.4 is 17.2 Å². The van der Waals surface area contributed by atoms with Crippen molar-refractivity contribution in [3.63, 3.8) is 0 Å². The number of carbonyl (C=O) groups is 1. The van der Waals surface area contributed by atoms with Gasteiger partial charge in [0, 0.05) is 12.6 Å². The van der Waals surface area contributed by atoms with Crippen LogP contribution >= 0.6 is 15.6 Å². The second-order valence-electron chi connectivity index (χ2n) is 9.85. The molecule has 8 atom stereocenters. The van der Waals surface area contributed by atoms with Gasteiger partial charge < -0.3 is 50.6 Å². The van der Waals surface area contributed by atoms with Crippen molar-refractivity contribution in [3.05, 3.63) is 35.4 Å². The molecule has 23 nitrogen and oxygen atoms in total. The minimum absolute atomic E-state index is 0.0258. The van der Waals surface area contributed by atoms with Gasteiger partial charge in [-0.05, 0) is 6.07 Å². The van der Waals surface area contributed by atoms with Gasteiger partial charge in [0.05, 0.1) is 19.5 Å². The van der Waals surface area contributed by atoms with Crippen LogP contribution in [0.3, 0.4) is 0 Å². The number of aliphatic hydroxyl groups is 2. The fraction of sp³-hybridized carbons (Fsp3) is 0.524. The topological polar surface area (TPSA) is 338 Å². The molecule has 1 unspecified atom stereocenters. The number of nitrogen functional groups attached to an aromatic ring is 2. The highest BCUT2D eigenvalue weighted by Gasteiger charge is 2.49. The molecule has 0 spiro atoms. The van der Waals surface area contributed by atoms with Gasteiger partial charge in [0.2, 0.25) is 0 Å². The lowest BCUT2D eigenvalue weighted by atomic mass is 10.1. The number of anilines is 2. The molecule has 0 aromatic carbocycles. The monoisotopic (exact) mass is 694 g/mol. The highest BCUT2D eigenvalue weighted by atomic mass is 31.2. The second kappa shape index (κ2) is 13.4. The Labute approximate surface area is 256 Å². The SMILES string of the molecule is Nc1ccn([C@H]2C[C@@H](OP(=O)(O)OC[C@H]3O[C@@H](n4cnc5c(N)ncnc54)[C@H](O)[C@H]3OC(=O)CO)[C@@H](COP(=O)(O)O)O2)c(=O)n1. The molecule has 3 aromatic heterocycles. The molecule has 2 aliphatic heterocycles. The van der Waals surface area contributed by atoms with E-state index in [0.717, 1.165) is 10.9 Å². The Bertz CT molecular complexity index is 1730. The van der Waals surface area contributed by atoms with Crippen molar-refractivity contribution < 1.29 is 66.6 Å². The fourth-order valence-electron chi connectivity index (χ4n) is 4.79. The quantitative estimate of drug-likeness (QED) is 0.0749. The molecule has 0 radical (unpaired) electrons. The summed E-state index contributed by atoms with van der Waals surface area (Å²) in [5.74, 6) is -1.22. The third-order valence-corrected chi connectivity index (χ3v) is 8.29. The van der Waals surface area contributed by atoms with Crippen molar-refractivity contribution in [1.29, 1.82) is 0 Å². The number of carbonyl (C=O) groups excluding carboxylic acids is 1. The van der Waals surface area contributed by atoms with Crippen LogP contribution in [0.2, 0.25) is 0 Å². The van der Waals surface area contributed by atoms with Crippen molar-refractivity contribution >= 4 is 44.4 Å². The number of phosphoric acid groups is 2.